The van der Waals surface area contributed by atoms with Gasteiger partial charge in [0.1, 0.15) is 5.75 Å². The molecule has 6 nitrogen and oxygen atoms in total. The van der Waals surface area contributed by atoms with Gasteiger partial charge in [-0.15, -0.1) is 0 Å². The highest BCUT2D eigenvalue weighted by Gasteiger charge is 2.23. The molecule has 188 valence electrons. The molecule has 0 bridgehead atoms. The van der Waals surface area contributed by atoms with Crippen molar-refractivity contribution in [3.05, 3.63) is 108 Å². The van der Waals surface area contributed by atoms with E-state index in [4.69, 9.17) is 24.3 Å². The van der Waals surface area contributed by atoms with Gasteiger partial charge in [0.25, 0.3) is 0 Å². The fraction of sp³-hybridized carbons (Fsp3) is 0.125. The fourth-order valence-corrected chi connectivity index (χ4v) is 4.99. The molecule has 6 aromatic rings. The lowest BCUT2D eigenvalue weighted by Crippen LogP contribution is -2.00. The second kappa shape index (κ2) is 9.90. The van der Waals surface area contributed by atoms with Crippen molar-refractivity contribution in [1.82, 2.24) is 14.8 Å². The number of methoxy groups -OCH3 is 3. The summed E-state index contributed by atoms with van der Waals surface area (Å²) in [6.07, 6.45) is 0.663. The van der Waals surface area contributed by atoms with E-state index in [-0.39, 0.29) is 0 Å². The van der Waals surface area contributed by atoms with Gasteiger partial charge in [-0.1, -0.05) is 60.7 Å². The predicted molar refractivity (Wildman–Crippen MR) is 151 cm³/mol. The van der Waals surface area contributed by atoms with Gasteiger partial charge in [-0.05, 0) is 42.0 Å². The summed E-state index contributed by atoms with van der Waals surface area (Å²) in [7, 11) is 4.98. The number of rotatable bonds is 7. The van der Waals surface area contributed by atoms with Crippen molar-refractivity contribution in [3.8, 4) is 34.2 Å². The number of nitrogens with zero attached hydrogens (tertiary/aromatic N) is 3. The molecule has 2 heterocycles. The van der Waals surface area contributed by atoms with Crippen molar-refractivity contribution in [1.29, 1.82) is 0 Å². The van der Waals surface area contributed by atoms with Crippen LogP contribution in [0.3, 0.4) is 0 Å². The van der Waals surface area contributed by atoms with Gasteiger partial charge >= 0.3 is 0 Å². The molecule has 0 aliphatic heterocycles. The summed E-state index contributed by atoms with van der Waals surface area (Å²) < 4.78 is 19.1. The maximum absolute atomic E-state index is 5.74. The average molecular weight is 502 g/mol. The first-order valence-corrected chi connectivity index (χ1v) is 12.4. The van der Waals surface area contributed by atoms with E-state index in [1.165, 1.54) is 5.56 Å². The van der Waals surface area contributed by atoms with Gasteiger partial charge in [0.05, 0.1) is 43.8 Å². The first-order chi connectivity index (χ1) is 18.7. The van der Waals surface area contributed by atoms with E-state index in [1.807, 2.05) is 77.5 Å². The lowest BCUT2D eigenvalue weighted by molar-refractivity contribution is 0.356. The van der Waals surface area contributed by atoms with Gasteiger partial charge in [0, 0.05) is 22.8 Å². The summed E-state index contributed by atoms with van der Waals surface area (Å²) in [5.74, 6) is 2.03. The van der Waals surface area contributed by atoms with Crippen molar-refractivity contribution in [2.24, 2.45) is 0 Å². The van der Waals surface area contributed by atoms with Crippen LogP contribution in [0.4, 0.5) is 0 Å². The summed E-state index contributed by atoms with van der Waals surface area (Å²) in [5.41, 5.74) is 5.49. The molecule has 0 atom stereocenters. The number of fused-ring (bicyclic) bond motifs is 3. The third kappa shape index (κ3) is 4.00. The van der Waals surface area contributed by atoms with Gasteiger partial charge < -0.3 is 14.2 Å². The summed E-state index contributed by atoms with van der Waals surface area (Å²) >= 11 is 0. The van der Waals surface area contributed by atoms with Crippen LogP contribution in [-0.4, -0.2) is 36.1 Å². The Hall–Kier alpha value is -4.84. The molecular weight excluding hydrogens is 474 g/mol. The Labute approximate surface area is 221 Å². The van der Waals surface area contributed by atoms with Gasteiger partial charge in [-0.25, -0.2) is 9.67 Å². The molecule has 0 unspecified atom stereocenters. The van der Waals surface area contributed by atoms with Crippen LogP contribution in [0.1, 0.15) is 11.3 Å². The highest BCUT2D eigenvalue weighted by molar-refractivity contribution is 6.13. The highest BCUT2D eigenvalue weighted by Crippen LogP contribution is 2.43. The Morgan fingerprint density at radius 1 is 0.658 bits per heavy atom. The number of pyridine rings is 1. The number of benzene rings is 4. The second-order valence-electron chi connectivity index (χ2n) is 8.97. The Morgan fingerprint density at radius 3 is 1.95 bits per heavy atom. The third-order valence-corrected chi connectivity index (χ3v) is 6.78. The average Bonchev–Trinajstić information content (AvgIpc) is 3.34. The molecule has 6 heteroatoms. The zero-order valence-corrected chi connectivity index (χ0v) is 21.5. The largest absolute Gasteiger partial charge is 0.496 e. The lowest BCUT2D eigenvalue weighted by Gasteiger charge is -2.15. The van der Waals surface area contributed by atoms with Crippen molar-refractivity contribution < 1.29 is 14.2 Å². The number of aromatic nitrogens is 3. The topological polar surface area (TPSA) is 58.4 Å². The van der Waals surface area contributed by atoms with E-state index in [2.05, 4.69) is 24.3 Å². The minimum atomic E-state index is 0.636. The molecule has 0 spiro atoms. The number of ether oxygens (including phenoxy) is 3. The molecule has 0 fully saturated rings. The van der Waals surface area contributed by atoms with Crippen LogP contribution in [0.5, 0.6) is 17.2 Å². The Morgan fingerprint density at radius 2 is 1.26 bits per heavy atom. The summed E-state index contributed by atoms with van der Waals surface area (Å²) in [4.78, 5) is 5.28. The lowest BCUT2D eigenvalue weighted by atomic mass is 9.98. The molecule has 6 rings (SSSR count). The fourth-order valence-electron chi connectivity index (χ4n) is 4.99. The van der Waals surface area contributed by atoms with E-state index in [0.29, 0.717) is 17.9 Å². The zero-order chi connectivity index (χ0) is 26.1. The van der Waals surface area contributed by atoms with E-state index >= 15 is 0 Å². The molecule has 0 aliphatic rings. The molecule has 0 saturated heterocycles. The maximum atomic E-state index is 5.74. The normalized spacial score (nSPS) is 11.1. The Bertz CT molecular complexity index is 1750. The van der Waals surface area contributed by atoms with Crippen molar-refractivity contribution in [2.75, 3.05) is 21.3 Å². The molecule has 0 N–H and O–H groups in total. The molecule has 0 saturated carbocycles. The molecule has 2 aromatic heterocycles. The molecular formula is C32H27N3O3. The van der Waals surface area contributed by atoms with Gasteiger partial charge in [0.15, 0.2) is 17.1 Å². The van der Waals surface area contributed by atoms with Crippen molar-refractivity contribution in [3.63, 3.8) is 0 Å². The molecule has 0 radical (unpaired) electrons. The third-order valence-electron chi connectivity index (χ3n) is 6.78. The van der Waals surface area contributed by atoms with E-state index in [0.717, 1.165) is 50.2 Å². The summed E-state index contributed by atoms with van der Waals surface area (Å²) in [6.45, 7) is 0. The van der Waals surface area contributed by atoms with Crippen LogP contribution in [0.25, 0.3) is 38.8 Å². The SMILES string of the molecule is COc1cc2c(-c3ccccc3OC)nc3c(c(Cc4ccccc4)nn3-c3ccccc3)c2cc1OC. The van der Waals surface area contributed by atoms with E-state index < -0.39 is 0 Å². The van der Waals surface area contributed by atoms with Gasteiger partial charge in [0.2, 0.25) is 0 Å². The second-order valence-corrected chi connectivity index (χ2v) is 8.97. The quantitative estimate of drug-likeness (QED) is 0.239. The van der Waals surface area contributed by atoms with Crippen LogP contribution >= 0.6 is 0 Å². The van der Waals surface area contributed by atoms with Crippen LogP contribution in [0.2, 0.25) is 0 Å². The predicted octanol–water partition coefficient (Wildman–Crippen LogP) is 6.86. The Kier molecular flexibility index (Phi) is 6.14. The first-order valence-electron chi connectivity index (χ1n) is 12.4. The molecule has 38 heavy (non-hydrogen) atoms. The Balaban J connectivity index is 1.76. The van der Waals surface area contributed by atoms with Gasteiger partial charge in [-0.3, -0.25) is 0 Å². The molecule has 0 amide bonds. The van der Waals surface area contributed by atoms with Crippen LogP contribution in [0, 0.1) is 0 Å². The minimum absolute atomic E-state index is 0.636. The number of para-hydroxylation sites is 2. The van der Waals surface area contributed by atoms with E-state index in [1.54, 1.807) is 21.3 Å². The highest BCUT2D eigenvalue weighted by atomic mass is 16.5. The minimum Gasteiger partial charge on any atom is -0.496 e. The number of hydrogen-bond donors (Lipinski definition) is 0. The first kappa shape index (κ1) is 23.6. The van der Waals surface area contributed by atoms with Crippen molar-refractivity contribution >= 4 is 21.8 Å². The van der Waals surface area contributed by atoms with Crippen LogP contribution in [0.15, 0.2) is 97.1 Å². The maximum Gasteiger partial charge on any atom is 0.164 e. The van der Waals surface area contributed by atoms with Crippen LogP contribution < -0.4 is 14.2 Å². The van der Waals surface area contributed by atoms with Gasteiger partial charge in [-0.2, -0.15) is 5.10 Å². The number of hydrogen-bond acceptors (Lipinski definition) is 5. The monoisotopic (exact) mass is 501 g/mol. The standard InChI is InChI=1S/C32H27N3O3/c1-36-27-17-11-10-16-23(27)31-25-20-29(38-3)28(37-2)19-24(25)30-26(18-21-12-6-4-7-13-21)34-35(32(30)33-31)22-14-8-5-9-15-22/h4-17,19-20H,18H2,1-3H3. The smallest absolute Gasteiger partial charge is 0.164 e. The van der Waals surface area contributed by atoms with Crippen LogP contribution in [-0.2, 0) is 6.42 Å². The summed E-state index contributed by atoms with van der Waals surface area (Å²) in [6, 6.07) is 32.4. The molecule has 4 aromatic carbocycles. The van der Waals surface area contributed by atoms with E-state index in [9.17, 15) is 0 Å². The van der Waals surface area contributed by atoms with Crippen molar-refractivity contribution in [2.45, 2.75) is 6.42 Å². The zero-order valence-electron chi connectivity index (χ0n) is 21.5. The molecule has 0 aliphatic carbocycles. The summed E-state index contributed by atoms with van der Waals surface area (Å²) in [5, 5.41) is 8.03.